The second-order valence-corrected chi connectivity index (χ2v) is 6.84. The van der Waals surface area contributed by atoms with Gasteiger partial charge in [0.15, 0.2) is 0 Å². The lowest BCUT2D eigenvalue weighted by Gasteiger charge is -2.24. The molecule has 7 heteroatoms. The van der Waals surface area contributed by atoms with Crippen LogP contribution in [0.1, 0.15) is 49.2 Å². The van der Waals surface area contributed by atoms with Gasteiger partial charge in [0.1, 0.15) is 0 Å². The van der Waals surface area contributed by atoms with Gasteiger partial charge in [-0.2, -0.15) is 18.3 Å². The summed E-state index contributed by atoms with van der Waals surface area (Å²) in [7, 11) is 0. The standard InChI is InChI=1S/C18H22F3N3O/c1-12(2)24-7-6-15(22-24)10-23-11-16(25)9-17(23)13-4-3-5-14(8-13)18(19,20)21/h3-8,12,16-17,25H,9-11H2,1-2H3/t16-,17-/m1/s1. The van der Waals surface area contributed by atoms with Gasteiger partial charge >= 0.3 is 6.18 Å². The van der Waals surface area contributed by atoms with Crippen molar-refractivity contribution in [3.63, 3.8) is 0 Å². The fraction of sp³-hybridized carbons (Fsp3) is 0.500. The SMILES string of the molecule is CC(C)n1ccc(CN2C[C@H](O)C[C@@H]2c2cccc(C(F)(F)F)c2)n1. The zero-order chi connectivity index (χ0) is 18.2. The van der Waals surface area contributed by atoms with E-state index in [1.807, 2.05) is 35.7 Å². The smallest absolute Gasteiger partial charge is 0.392 e. The maximum Gasteiger partial charge on any atom is 0.416 e. The van der Waals surface area contributed by atoms with Crippen LogP contribution in [0.15, 0.2) is 36.5 Å². The third-order valence-corrected chi connectivity index (χ3v) is 4.54. The van der Waals surface area contributed by atoms with Gasteiger partial charge in [0.05, 0.1) is 17.4 Å². The second-order valence-electron chi connectivity index (χ2n) is 6.84. The van der Waals surface area contributed by atoms with Crippen LogP contribution in [0.3, 0.4) is 0 Å². The highest BCUT2D eigenvalue weighted by Crippen LogP contribution is 2.36. The van der Waals surface area contributed by atoms with Crippen LogP contribution >= 0.6 is 0 Å². The molecular weight excluding hydrogens is 331 g/mol. The second kappa shape index (κ2) is 6.80. The van der Waals surface area contributed by atoms with E-state index in [0.29, 0.717) is 25.1 Å². The fourth-order valence-corrected chi connectivity index (χ4v) is 3.28. The van der Waals surface area contributed by atoms with Gasteiger partial charge in [-0.25, -0.2) is 0 Å². The number of nitrogens with zero attached hydrogens (tertiary/aromatic N) is 3. The summed E-state index contributed by atoms with van der Waals surface area (Å²) in [5.74, 6) is 0. The number of halogens is 3. The Bertz CT molecular complexity index is 726. The molecule has 0 aliphatic carbocycles. The summed E-state index contributed by atoms with van der Waals surface area (Å²) in [6, 6.07) is 7.28. The first kappa shape index (κ1) is 17.9. The Morgan fingerprint density at radius 1 is 1.28 bits per heavy atom. The van der Waals surface area contributed by atoms with Crippen LogP contribution in [0.25, 0.3) is 0 Å². The lowest BCUT2D eigenvalue weighted by atomic mass is 10.0. The van der Waals surface area contributed by atoms with Gasteiger partial charge < -0.3 is 5.11 Å². The summed E-state index contributed by atoms with van der Waals surface area (Å²) in [4.78, 5) is 1.99. The summed E-state index contributed by atoms with van der Waals surface area (Å²) in [5, 5.41) is 14.5. The highest BCUT2D eigenvalue weighted by molar-refractivity contribution is 5.29. The number of aliphatic hydroxyl groups is 1. The van der Waals surface area contributed by atoms with Crippen molar-refractivity contribution in [3.8, 4) is 0 Å². The third-order valence-electron chi connectivity index (χ3n) is 4.54. The molecule has 0 amide bonds. The van der Waals surface area contributed by atoms with Crippen LogP contribution in [0, 0.1) is 0 Å². The van der Waals surface area contributed by atoms with Crippen molar-refractivity contribution in [1.29, 1.82) is 0 Å². The van der Waals surface area contributed by atoms with Crippen molar-refractivity contribution in [2.24, 2.45) is 0 Å². The van der Waals surface area contributed by atoms with Gasteiger partial charge in [-0.1, -0.05) is 12.1 Å². The average Bonchev–Trinajstić information content (AvgIpc) is 3.14. The molecular formula is C18H22F3N3O. The highest BCUT2D eigenvalue weighted by atomic mass is 19.4. The minimum atomic E-state index is -4.37. The van der Waals surface area contributed by atoms with Crippen LogP contribution in [-0.2, 0) is 12.7 Å². The highest BCUT2D eigenvalue weighted by Gasteiger charge is 2.35. The molecule has 3 rings (SSSR count). The van der Waals surface area contributed by atoms with E-state index < -0.39 is 17.8 Å². The van der Waals surface area contributed by atoms with Crippen molar-refractivity contribution in [2.45, 2.75) is 51.2 Å². The molecule has 1 aliphatic heterocycles. The zero-order valence-corrected chi connectivity index (χ0v) is 14.2. The summed E-state index contributed by atoms with van der Waals surface area (Å²) < 4.78 is 40.8. The van der Waals surface area contributed by atoms with Crippen molar-refractivity contribution >= 4 is 0 Å². The van der Waals surface area contributed by atoms with Crippen molar-refractivity contribution in [2.75, 3.05) is 6.54 Å². The number of alkyl halides is 3. The number of hydrogen-bond donors (Lipinski definition) is 1. The molecule has 0 unspecified atom stereocenters. The molecule has 2 heterocycles. The number of aromatic nitrogens is 2. The van der Waals surface area contributed by atoms with E-state index >= 15 is 0 Å². The van der Waals surface area contributed by atoms with E-state index in [-0.39, 0.29) is 12.1 Å². The van der Waals surface area contributed by atoms with Crippen molar-refractivity contribution in [1.82, 2.24) is 14.7 Å². The molecule has 25 heavy (non-hydrogen) atoms. The molecule has 0 saturated carbocycles. The Morgan fingerprint density at radius 3 is 2.68 bits per heavy atom. The van der Waals surface area contributed by atoms with Gasteiger partial charge in [-0.15, -0.1) is 0 Å². The molecule has 2 aromatic rings. The number of rotatable bonds is 4. The molecule has 1 N–H and O–H groups in total. The molecule has 136 valence electrons. The fourth-order valence-electron chi connectivity index (χ4n) is 3.28. The van der Waals surface area contributed by atoms with E-state index in [9.17, 15) is 18.3 Å². The first-order valence-corrected chi connectivity index (χ1v) is 8.37. The molecule has 0 spiro atoms. The van der Waals surface area contributed by atoms with Crippen LogP contribution in [0.5, 0.6) is 0 Å². The largest absolute Gasteiger partial charge is 0.416 e. The van der Waals surface area contributed by atoms with E-state index in [4.69, 9.17) is 0 Å². The minimum Gasteiger partial charge on any atom is -0.392 e. The maximum atomic E-state index is 13.0. The molecule has 0 radical (unpaired) electrons. The van der Waals surface area contributed by atoms with E-state index in [0.717, 1.165) is 11.8 Å². The predicted molar refractivity (Wildman–Crippen MR) is 87.8 cm³/mol. The molecule has 0 bridgehead atoms. The molecule has 1 aromatic heterocycles. The Balaban J connectivity index is 1.82. The molecule has 1 fully saturated rings. The van der Waals surface area contributed by atoms with Crippen LogP contribution in [0.4, 0.5) is 13.2 Å². The summed E-state index contributed by atoms with van der Waals surface area (Å²) in [6.07, 6.45) is -2.60. The maximum absolute atomic E-state index is 13.0. The lowest BCUT2D eigenvalue weighted by Crippen LogP contribution is -2.25. The van der Waals surface area contributed by atoms with Crippen molar-refractivity contribution < 1.29 is 18.3 Å². The molecule has 1 saturated heterocycles. The molecule has 4 nitrogen and oxygen atoms in total. The number of hydrogen-bond acceptors (Lipinski definition) is 3. The van der Waals surface area contributed by atoms with E-state index in [2.05, 4.69) is 5.10 Å². The summed E-state index contributed by atoms with van der Waals surface area (Å²) in [6.45, 7) is 4.98. The predicted octanol–water partition coefficient (Wildman–Crippen LogP) is 3.79. The Hall–Kier alpha value is -1.86. The minimum absolute atomic E-state index is 0.247. The normalized spacial score (nSPS) is 22.0. The van der Waals surface area contributed by atoms with Gasteiger partial charge in [0, 0.05) is 31.4 Å². The van der Waals surface area contributed by atoms with Crippen molar-refractivity contribution in [3.05, 3.63) is 53.3 Å². The Kier molecular flexibility index (Phi) is 4.88. The quantitative estimate of drug-likeness (QED) is 0.909. The topological polar surface area (TPSA) is 41.3 Å². The lowest BCUT2D eigenvalue weighted by molar-refractivity contribution is -0.137. The van der Waals surface area contributed by atoms with Crippen LogP contribution in [0.2, 0.25) is 0 Å². The van der Waals surface area contributed by atoms with Crippen LogP contribution in [-0.4, -0.2) is 32.4 Å². The summed E-state index contributed by atoms with van der Waals surface area (Å²) >= 11 is 0. The summed E-state index contributed by atoms with van der Waals surface area (Å²) in [5.41, 5.74) is 0.768. The van der Waals surface area contributed by atoms with E-state index in [1.54, 1.807) is 6.07 Å². The number of β-amino-alcohol motifs (C(OH)–C–C–N with tert-alkyl or cyclic N) is 1. The monoisotopic (exact) mass is 353 g/mol. The molecule has 1 aliphatic rings. The number of aliphatic hydroxyl groups excluding tert-OH is 1. The van der Waals surface area contributed by atoms with Crippen LogP contribution < -0.4 is 0 Å². The third kappa shape index (κ3) is 4.04. The van der Waals surface area contributed by atoms with Gasteiger partial charge in [-0.05, 0) is 44.0 Å². The molecule has 2 atom stereocenters. The average molecular weight is 353 g/mol. The van der Waals surface area contributed by atoms with Gasteiger partial charge in [0.2, 0.25) is 0 Å². The van der Waals surface area contributed by atoms with Gasteiger partial charge in [-0.3, -0.25) is 9.58 Å². The Morgan fingerprint density at radius 2 is 2.04 bits per heavy atom. The van der Waals surface area contributed by atoms with Gasteiger partial charge in [0.25, 0.3) is 0 Å². The Labute approximate surface area is 144 Å². The first-order chi connectivity index (χ1) is 11.7. The molecule has 1 aromatic carbocycles. The number of likely N-dealkylation sites (tertiary alicyclic amines) is 1. The number of benzene rings is 1. The van der Waals surface area contributed by atoms with E-state index in [1.165, 1.54) is 12.1 Å². The zero-order valence-electron chi connectivity index (χ0n) is 14.2. The first-order valence-electron chi connectivity index (χ1n) is 8.37.